The average Bonchev–Trinajstić information content (AvgIpc) is 2.82. The Morgan fingerprint density at radius 3 is 2.62 bits per heavy atom. The summed E-state index contributed by atoms with van der Waals surface area (Å²) in [6.45, 7) is 2.26. The van der Waals surface area contributed by atoms with Crippen molar-refractivity contribution in [2.45, 2.75) is 57.9 Å². The summed E-state index contributed by atoms with van der Waals surface area (Å²) in [6, 6.07) is 0.513. The Labute approximate surface area is 103 Å². The second kappa shape index (κ2) is 8.71. The van der Waals surface area contributed by atoms with E-state index in [9.17, 15) is 0 Å². The molecule has 0 aromatic carbocycles. The first-order valence-electron chi connectivity index (χ1n) is 6.44. The predicted octanol–water partition coefficient (Wildman–Crippen LogP) is 4.15. The molecular weight excluding hydrogens is 216 g/mol. The minimum absolute atomic E-state index is 0.513. The van der Waals surface area contributed by atoms with Crippen LogP contribution in [0.3, 0.4) is 0 Å². The van der Waals surface area contributed by atoms with Gasteiger partial charge in [0.25, 0.3) is 0 Å². The van der Waals surface area contributed by atoms with Crippen molar-refractivity contribution in [1.29, 1.82) is 0 Å². The smallest absolute Gasteiger partial charge is 0.0794 e. The molecular formula is C13H24N2S. The number of aromatic nitrogens is 1. The van der Waals surface area contributed by atoms with Gasteiger partial charge in [-0.3, -0.25) is 4.98 Å². The lowest BCUT2D eigenvalue weighted by Gasteiger charge is -2.13. The highest BCUT2D eigenvalue weighted by Crippen LogP contribution is 2.22. The van der Waals surface area contributed by atoms with Gasteiger partial charge in [-0.1, -0.05) is 45.4 Å². The summed E-state index contributed by atoms with van der Waals surface area (Å²) in [6.07, 6.45) is 11.5. The maximum atomic E-state index is 4.14. The molecule has 0 aliphatic rings. The molecule has 1 unspecified atom stereocenters. The Morgan fingerprint density at radius 1 is 1.25 bits per heavy atom. The Kier molecular flexibility index (Phi) is 7.43. The zero-order valence-corrected chi connectivity index (χ0v) is 11.4. The van der Waals surface area contributed by atoms with Gasteiger partial charge in [0.15, 0.2) is 0 Å². The molecule has 1 rings (SSSR count). The molecule has 92 valence electrons. The van der Waals surface area contributed by atoms with Crippen LogP contribution in [0.4, 0.5) is 0 Å². The molecule has 0 amide bonds. The lowest BCUT2D eigenvalue weighted by molar-refractivity contribution is 0.503. The van der Waals surface area contributed by atoms with Crippen molar-refractivity contribution in [3.8, 4) is 0 Å². The Hall–Kier alpha value is -0.410. The SMILES string of the molecule is CCCCCCCCC(NC)c1cncs1. The summed E-state index contributed by atoms with van der Waals surface area (Å²) in [7, 11) is 2.04. The second-order valence-corrected chi connectivity index (χ2v) is 5.22. The fraction of sp³-hybridized carbons (Fsp3) is 0.769. The van der Waals surface area contributed by atoms with E-state index >= 15 is 0 Å². The molecule has 0 saturated heterocycles. The highest BCUT2D eigenvalue weighted by Gasteiger charge is 2.09. The zero-order valence-electron chi connectivity index (χ0n) is 10.5. The quantitative estimate of drug-likeness (QED) is 0.656. The van der Waals surface area contributed by atoms with E-state index in [4.69, 9.17) is 0 Å². The number of rotatable bonds is 9. The minimum Gasteiger partial charge on any atom is -0.312 e. The van der Waals surface area contributed by atoms with Gasteiger partial charge in [-0.15, -0.1) is 11.3 Å². The summed E-state index contributed by atoms with van der Waals surface area (Å²) < 4.78 is 0. The van der Waals surface area contributed by atoms with Crippen LogP contribution in [-0.4, -0.2) is 12.0 Å². The first-order chi connectivity index (χ1) is 7.88. The maximum Gasteiger partial charge on any atom is 0.0794 e. The number of nitrogens with one attached hydrogen (secondary N) is 1. The first kappa shape index (κ1) is 13.7. The largest absolute Gasteiger partial charge is 0.312 e. The molecule has 0 fully saturated rings. The maximum absolute atomic E-state index is 4.14. The molecule has 16 heavy (non-hydrogen) atoms. The minimum atomic E-state index is 0.513. The van der Waals surface area contributed by atoms with Crippen LogP contribution in [0.25, 0.3) is 0 Å². The molecule has 1 atom stereocenters. The van der Waals surface area contributed by atoms with Crippen LogP contribution in [0, 0.1) is 0 Å². The molecule has 1 aromatic heterocycles. The van der Waals surface area contributed by atoms with Crippen molar-refractivity contribution in [2.75, 3.05) is 7.05 Å². The summed E-state index contributed by atoms with van der Waals surface area (Å²) in [4.78, 5) is 5.51. The topological polar surface area (TPSA) is 24.9 Å². The molecule has 0 saturated carbocycles. The van der Waals surface area contributed by atoms with Crippen molar-refractivity contribution in [1.82, 2.24) is 10.3 Å². The summed E-state index contributed by atoms with van der Waals surface area (Å²) in [5.74, 6) is 0. The molecule has 3 heteroatoms. The third-order valence-electron chi connectivity index (χ3n) is 2.99. The van der Waals surface area contributed by atoms with Gasteiger partial charge in [-0.2, -0.15) is 0 Å². The van der Waals surface area contributed by atoms with Gasteiger partial charge in [0.05, 0.1) is 5.51 Å². The molecule has 1 heterocycles. The van der Waals surface area contributed by atoms with Gasteiger partial charge in [0, 0.05) is 17.1 Å². The van der Waals surface area contributed by atoms with Crippen LogP contribution in [0.1, 0.15) is 62.8 Å². The van der Waals surface area contributed by atoms with Crippen LogP contribution in [0.15, 0.2) is 11.7 Å². The van der Waals surface area contributed by atoms with Crippen LogP contribution in [-0.2, 0) is 0 Å². The monoisotopic (exact) mass is 240 g/mol. The van der Waals surface area contributed by atoms with Crippen molar-refractivity contribution >= 4 is 11.3 Å². The van der Waals surface area contributed by atoms with E-state index in [-0.39, 0.29) is 0 Å². The van der Waals surface area contributed by atoms with E-state index in [1.165, 1.54) is 49.8 Å². The van der Waals surface area contributed by atoms with Crippen molar-refractivity contribution < 1.29 is 0 Å². The predicted molar refractivity (Wildman–Crippen MR) is 71.9 cm³/mol. The molecule has 1 N–H and O–H groups in total. The standard InChI is InChI=1S/C13H24N2S/c1-3-4-5-6-7-8-9-12(14-2)13-10-15-11-16-13/h10-12,14H,3-9H2,1-2H3. The summed E-state index contributed by atoms with van der Waals surface area (Å²) >= 11 is 1.75. The van der Waals surface area contributed by atoms with Gasteiger partial charge < -0.3 is 5.32 Å². The molecule has 0 radical (unpaired) electrons. The highest BCUT2D eigenvalue weighted by molar-refractivity contribution is 7.09. The first-order valence-corrected chi connectivity index (χ1v) is 7.32. The third-order valence-corrected chi connectivity index (χ3v) is 3.88. The Bertz CT molecular complexity index is 246. The normalized spacial score (nSPS) is 12.9. The van der Waals surface area contributed by atoms with E-state index in [1.54, 1.807) is 11.3 Å². The van der Waals surface area contributed by atoms with Gasteiger partial charge >= 0.3 is 0 Å². The molecule has 0 aliphatic heterocycles. The molecule has 0 aliphatic carbocycles. The second-order valence-electron chi connectivity index (χ2n) is 4.30. The Morgan fingerprint density at radius 2 is 2.00 bits per heavy atom. The van der Waals surface area contributed by atoms with Crippen molar-refractivity contribution in [3.63, 3.8) is 0 Å². The van der Waals surface area contributed by atoms with Crippen LogP contribution in [0.2, 0.25) is 0 Å². The molecule has 0 spiro atoms. The molecule has 2 nitrogen and oxygen atoms in total. The zero-order chi connectivity index (χ0) is 11.6. The van der Waals surface area contributed by atoms with E-state index in [0.717, 1.165) is 0 Å². The van der Waals surface area contributed by atoms with Gasteiger partial charge in [-0.05, 0) is 13.5 Å². The third kappa shape index (κ3) is 5.08. The highest BCUT2D eigenvalue weighted by atomic mass is 32.1. The number of unbranched alkanes of at least 4 members (excludes halogenated alkanes) is 5. The van der Waals surface area contributed by atoms with Crippen molar-refractivity contribution in [2.24, 2.45) is 0 Å². The summed E-state index contributed by atoms with van der Waals surface area (Å²) in [5, 5.41) is 3.38. The van der Waals surface area contributed by atoms with Crippen LogP contribution in [0.5, 0.6) is 0 Å². The van der Waals surface area contributed by atoms with Crippen LogP contribution >= 0.6 is 11.3 Å². The lowest BCUT2D eigenvalue weighted by atomic mass is 10.1. The van der Waals surface area contributed by atoms with E-state index in [1.807, 2.05) is 18.8 Å². The van der Waals surface area contributed by atoms with Gasteiger partial charge in [0.2, 0.25) is 0 Å². The molecule has 1 aromatic rings. The van der Waals surface area contributed by atoms with Gasteiger partial charge in [-0.25, -0.2) is 0 Å². The number of hydrogen-bond acceptors (Lipinski definition) is 3. The lowest BCUT2D eigenvalue weighted by Crippen LogP contribution is -2.14. The summed E-state index contributed by atoms with van der Waals surface area (Å²) in [5.41, 5.74) is 1.92. The Balaban J connectivity index is 2.11. The van der Waals surface area contributed by atoms with E-state index in [2.05, 4.69) is 17.2 Å². The number of nitrogens with zero attached hydrogens (tertiary/aromatic N) is 1. The van der Waals surface area contributed by atoms with Crippen LogP contribution < -0.4 is 5.32 Å². The fourth-order valence-corrected chi connectivity index (χ4v) is 2.72. The van der Waals surface area contributed by atoms with Crippen molar-refractivity contribution in [3.05, 3.63) is 16.6 Å². The molecule has 0 bridgehead atoms. The average molecular weight is 240 g/mol. The van der Waals surface area contributed by atoms with E-state index in [0.29, 0.717) is 6.04 Å². The number of hydrogen-bond donors (Lipinski definition) is 1. The fourth-order valence-electron chi connectivity index (χ4n) is 1.96. The van der Waals surface area contributed by atoms with E-state index < -0.39 is 0 Å². The number of thiazole rings is 1. The van der Waals surface area contributed by atoms with Gasteiger partial charge in [0.1, 0.15) is 0 Å².